The van der Waals surface area contributed by atoms with Crippen LogP contribution in [0.4, 0.5) is 0 Å². The molecule has 0 amide bonds. The lowest BCUT2D eigenvalue weighted by Crippen LogP contribution is -2.15. The van der Waals surface area contributed by atoms with Gasteiger partial charge in [0.25, 0.3) is 0 Å². The van der Waals surface area contributed by atoms with E-state index in [2.05, 4.69) is 19.2 Å². The Bertz CT molecular complexity index is 128. The summed E-state index contributed by atoms with van der Waals surface area (Å²) >= 11 is 0. The topological polar surface area (TPSA) is 29.1 Å². The van der Waals surface area contributed by atoms with E-state index in [0.717, 1.165) is 30.9 Å². The first-order valence-electron chi connectivity index (χ1n) is 4.70. The number of nitrogens with one attached hydrogen (secondary N) is 1. The van der Waals surface area contributed by atoms with Gasteiger partial charge < -0.3 is 5.32 Å². The standard InChI is InChI=1S/C9H21NOS/c1-4-9(2)8-12(11)7-5-6-10-3/h9-10H,4-8H2,1-3H3. The van der Waals surface area contributed by atoms with Crippen molar-refractivity contribution in [3.05, 3.63) is 0 Å². The Morgan fingerprint density at radius 2 is 2.17 bits per heavy atom. The fraction of sp³-hybridized carbons (Fsp3) is 1.00. The zero-order valence-electron chi connectivity index (χ0n) is 8.43. The van der Waals surface area contributed by atoms with Crippen LogP contribution in [0.5, 0.6) is 0 Å². The van der Waals surface area contributed by atoms with Gasteiger partial charge in [0, 0.05) is 22.3 Å². The number of hydrogen-bond donors (Lipinski definition) is 1. The summed E-state index contributed by atoms with van der Waals surface area (Å²) < 4.78 is 11.4. The third-order valence-corrected chi connectivity index (χ3v) is 3.65. The quantitative estimate of drug-likeness (QED) is 0.616. The van der Waals surface area contributed by atoms with Crippen LogP contribution in [0.25, 0.3) is 0 Å². The van der Waals surface area contributed by atoms with E-state index >= 15 is 0 Å². The van der Waals surface area contributed by atoms with Gasteiger partial charge in [-0.05, 0) is 25.9 Å². The van der Waals surface area contributed by atoms with Crippen LogP contribution in [0.3, 0.4) is 0 Å². The van der Waals surface area contributed by atoms with Crippen LogP contribution in [-0.2, 0) is 10.8 Å². The molecule has 0 spiro atoms. The van der Waals surface area contributed by atoms with E-state index in [0.29, 0.717) is 5.92 Å². The van der Waals surface area contributed by atoms with Crippen LogP contribution >= 0.6 is 0 Å². The molecule has 0 aromatic heterocycles. The zero-order valence-corrected chi connectivity index (χ0v) is 9.25. The van der Waals surface area contributed by atoms with Crippen LogP contribution in [0, 0.1) is 5.92 Å². The zero-order chi connectivity index (χ0) is 9.40. The van der Waals surface area contributed by atoms with Gasteiger partial charge in [-0.3, -0.25) is 4.21 Å². The first-order chi connectivity index (χ1) is 5.70. The summed E-state index contributed by atoms with van der Waals surface area (Å²) in [5, 5.41) is 3.06. The average Bonchev–Trinajstić information content (AvgIpc) is 2.05. The van der Waals surface area contributed by atoms with Crippen molar-refractivity contribution in [2.45, 2.75) is 26.7 Å². The van der Waals surface area contributed by atoms with E-state index in [1.807, 2.05) is 7.05 Å². The number of rotatable bonds is 7. The van der Waals surface area contributed by atoms with Crippen LogP contribution in [0.15, 0.2) is 0 Å². The maximum absolute atomic E-state index is 11.4. The summed E-state index contributed by atoms with van der Waals surface area (Å²) in [6, 6.07) is 0. The molecule has 0 aromatic carbocycles. The lowest BCUT2D eigenvalue weighted by atomic mass is 10.2. The van der Waals surface area contributed by atoms with Crippen molar-refractivity contribution < 1.29 is 4.21 Å². The van der Waals surface area contributed by atoms with Gasteiger partial charge >= 0.3 is 0 Å². The fourth-order valence-corrected chi connectivity index (χ4v) is 2.43. The first-order valence-corrected chi connectivity index (χ1v) is 6.19. The molecule has 74 valence electrons. The van der Waals surface area contributed by atoms with Crippen LogP contribution in [0.2, 0.25) is 0 Å². The Morgan fingerprint density at radius 3 is 2.67 bits per heavy atom. The van der Waals surface area contributed by atoms with Crippen molar-refractivity contribution in [2.24, 2.45) is 5.92 Å². The van der Waals surface area contributed by atoms with E-state index in [1.54, 1.807) is 0 Å². The molecule has 12 heavy (non-hydrogen) atoms. The van der Waals surface area contributed by atoms with E-state index in [1.165, 1.54) is 0 Å². The van der Waals surface area contributed by atoms with E-state index < -0.39 is 10.8 Å². The fourth-order valence-electron chi connectivity index (χ4n) is 0.928. The third kappa shape index (κ3) is 6.80. The molecular formula is C9H21NOS. The minimum absolute atomic E-state index is 0.591. The molecule has 0 saturated carbocycles. The highest BCUT2D eigenvalue weighted by Gasteiger charge is 2.04. The SMILES string of the molecule is CCC(C)CS(=O)CCCNC. The molecular weight excluding hydrogens is 170 g/mol. The second-order valence-electron chi connectivity index (χ2n) is 3.28. The van der Waals surface area contributed by atoms with Crippen molar-refractivity contribution in [3.63, 3.8) is 0 Å². The van der Waals surface area contributed by atoms with E-state index in [4.69, 9.17) is 0 Å². The van der Waals surface area contributed by atoms with Gasteiger partial charge in [0.05, 0.1) is 0 Å². The summed E-state index contributed by atoms with van der Waals surface area (Å²) in [6.07, 6.45) is 2.16. The maximum atomic E-state index is 11.4. The molecule has 0 heterocycles. The lowest BCUT2D eigenvalue weighted by Gasteiger charge is -2.07. The van der Waals surface area contributed by atoms with Crippen LogP contribution in [-0.4, -0.2) is 29.3 Å². The van der Waals surface area contributed by atoms with Crippen molar-refractivity contribution in [1.82, 2.24) is 5.32 Å². The van der Waals surface area contributed by atoms with Gasteiger partial charge in [0.15, 0.2) is 0 Å². The molecule has 0 aromatic rings. The molecule has 0 aliphatic carbocycles. The second kappa shape index (κ2) is 7.74. The largest absolute Gasteiger partial charge is 0.320 e. The van der Waals surface area contributed by atoms with Gasteiger partial charge in [-0.1, -0.05) is 20.3 Å². The van der Waals surface area contributed by atoms with Crippen molar-refractivity contribution in [2.75, 3.05) is 25.1 Å². The molecule has 2 atom stereocenters. The van der Waals surface area contributed by atoms with Gasteiger partial charge in [0.2, 0.25) is 0 Å². The van der Waals surface area contributed by atoms with Crippen LogP contribution < -0.4 is 5.32 Å². The molecule has 0 bridgehead atoms. The molecule has 0 fully saturated rings. The summed E-state index contributed by atoms with van der Waals surface area (Å²) in [5.41, 5.74) is 0. The lowest BCUT2D eigenvalue weighted by molar-refractivity contribution is 0.614. The minimum atomic E-state index is -0.591. The highest BCUT2D eigenvalue weighted by Crippen LogP contribution is 2.03. The monoisotopic (exact) mass is 191 g/mol. The Hall–Kier alpha value is 0.110. The van der Waals surface area contributed by atoms with Crippen molar-refractivity contribution >= 4 is 10.8 Å². The number of hydrogen-bond acceptors (Lipinski definition) is 2. The molecule has 2 nitrogen and oxygen atoms in total. The first kappa shape index (κ1) is 12.1. The molecule has 0 rings (SSSR count). The third-order valence-electron chi connectivity index (χ3n) is 1.97. The van der Waals surface area contributed by atoms with Crippen molar-refractivity contribution in [1.29, 1.82) is 0 Å². The Balaban J connectivity index is 3.33. The summed E-state index contributed by atoms with van der Waals surface area (Å²) in [5.74, 6) is 2.34. The summed E-state index contributed by atoms with van der Waals surface area (Å²) in [4.78, 5) is 0. The predicted octanol–water partition coefficient (Wildman–Crippen LogP) is 1.39. The van der Waals surface area contributed by atoms with Gasteiger partial charge in [-0.15, -0.1) is 0 Å². The smallest absolute Gasteiger partial charge is 0.0260 e. The molecule has 0 radical (unpaired) electrons. The van der Waals surface area contributed by atoms with Crippen molar-refractivity contribution in [3.8, 4) is 0 Å². The highest BCUT2D eigenvalue weighted by molar-refractivity contribution is 7.84. The van der Waals surface area contributed by atoms with Gasteiger partial charge in [-0.25, -0.2) is 0 Å². The van der Waals surface area contributed by atoms with E-state index in [9.17, 15) is 4.21 Å². The molecule has 0 aliphatic heterocycles. The molecule has 3 heteroatoms. The molecule has 0 saturated heterocycles. The summed E-state index contributed by atoms with van der Waals surface area (Å²) in [6.45, 7) is 5.29. The Kier molecular flexibility index (Phi) is 7.81. The highest BCUT2D eigenvalue weighted by atomic mass is 32.2. The normalized spacial score (nSPS) is 15.9. The van der Waals surface area contributed by atoms with E-state index in [-0.39, 0.29) is 0 Å². The summed E-state index contributed by atoms with van der Waals surface area (Å²) in [7, 11) is 1.34. The Labute approximate surface area is 78.6 Å². The van der Waals surface area contributed by atoms with Gasteiger partial charge in [0.1, 0.15) is 0 Å². The minimum Gasteiger partial charge on any atom is -0.320 e. The second-order valence-corrected chi connectivity index (χ2v) is 4.90. The Morgan fingerprint density at radius 1 is 1.50 bits per heavy atom. The van der Waals surface area contributed by atoms with Gasteiger partial charge in [-0.2, -0.15) is 0 Å². The molecule has 1 N–H and O–H groups in total. The molecule has 0 aliphatic rings. The predicted molar refractivity (Wildman–Crippen MR) is 55.9 cm³/mol. The maximum Gasteiger partial charge on any atom is 0.0260 e. The average molecular weight is 191 g/mol. The molecule has 2 unspecified atom stereocenters. The van der Waals surface area contributed by atoms with Crippen LogP contribution in [0.1, 0.15) is 26.7 Å².